The molecule has 0 unspecified atom stereocenters. The van der Waals surface area contributed by atoms with Gasteiger partial charge in [0.15, 0.2) is 5.79 Å². The molecule has 1 saturated carbocycles. The fraction of sp³-hybridized carbons (Fsp3) is 0.806. The molecule has 15 atom stereocenters. The van der Waals surface area contributed by atoms with E-state index in [1.807, 2.05) is 58.1 Å². The van der Waals surface area contributed by atoms with Crippen LogP contribution in [0.25, 0.3) is 0 Å². The number of piperidine rings is 1. The number of carbonyl (C=O) groups is 3. The van der Waals surface area contributed by atoms with Crippen LogP contribution in [0.1, 0.15) is 258 Å². The molecule has 2 bridgehead atoms. The Morgan fingerprint density at radius 2 is 1.29 bits per heavy atom. The molecule has 0 aromatic carbocycles. The van der Waals surface area contributed by atoms with E-state index in [1.165, 1.54) is 4.90 Å². The molecule has 12 nitrogen and oxygen atoms in total. The number of allylic oxidation sites excluding steroid dienone is 6. The predicted octanol–water partition coefficient (Wildman–Crippen LogP) is 17.5. The van der Waals surface area contributed by atoms with Crippen LogP contribution in [0.4, 0.5) is 0 Å². The Labute approximate surface area is 496 Å². The average Bonchev–Trinajstić information content (AvgIpc) is 3.23. The minimum atomic E-state index is -1.79. The average molecular weight is 1140 g/mol. The van der Waals surface area contributed by atoms with E-state index in [4.69, 9.17) is 14.2 Å². The number of esters is 1. The first-order valence-electron chi connectivity index (χ1n) is 23.3. The van der Waals surface area contributed by atoms with Crippen LogP contribution in [0.15, 0.2) is 59.8 Å². The molecular formula is C67H147NO11. The highest BCUT2D eigenvalue weighted by molar-refractivity contribution is 5.86. The van der Waals surface area contributed by atoms with Crippen molar-refractivity contribution in [2.24, 2.45) is 35.5 Å². The quantitative estimate of drug-likeness (QED) is 0.133. The maximum Gasteiger partial charge on any atom is 0.329 e. The molecule has 1 amide bonds. The van der Waals surface area contributed by atoms with Gasteiger partial charge in [0.2, 0.25) is 5.91 Å². The molecule has 486 valence electrons. The second-order valence-corrected chi connectivity index (χ2v) is 19.4. The Balaban J connectivity index is -0.000000207. The maximum absolute atomic E-state index is 14.3. The van der Waals surface area contributed by atoms with Crippen molar-refractivity contribution in [3.8, 4) is 0 Å². The molecule has 1 aliphatic carbocycles. The molecule has 3 fully saturated rings. The second kappa shape index (κ2) is 51.9. The van der Waals surface area contributed by atoms with Gasteiger partial charge in [-0.1, -0.05) is 204 Å². The van der Waals surface area contributed by atoms with Gasteiger partial charge in [0.05, 0.1) is 30.8 Å². The van der Waals surface area contributed by atoms with Crippen molar-refractivity contribution >= 4 is 17.7 Å². The van der Waals surface area contributed by atoms with Crippen molar-refractivity contribution in [2.45, 2.75) is 313 Å². The molecule has 0 spiro atoms. The molecule has 3 aliphatic heterocycles. The Kier molecular flexibility index (Phi) is 73.0. The standard InChI is InChI=1S/C50H79NO11.17CH4/c1-30-15-11-10-12-16-31(2)42(53)27-39-20-18-36(7)50(59,62-39)29-46(55)51-22-14-13-17-40(51)49(58)61-44(34(5)25-38-19-21-41(52)45(26-38)60-9)28-43(54)33(4)24-35(6)47(56)48(57)37(8)32(3)23-30;;;;;;;;;;;;;;;;;/h10-12,15-16,24,30,32-34,36,38-42,44-45,47-48,52-53,56-57,59H,8,13-14,17-23,25-29H2,1-7,9H3;17*1H4/b12-10+,15-11+,31-16+,35-24+;;;;;;;;;;;;;;;;;/t30-,32-,33-,34-,36-,38+,39+,40+,41-,42+,44+,45-,47-,48+,50+;;;;;;;;;;;;;;;;;/m1................./s1. The van der Waals surface area contributed by atoms with Gasteiger partial charge in [-0.3, -0.25) is 9.59 Å². The molecule has 0 aromatic rings. The van der Waals surface area contributed by atoms with Gasteiger partial charge in [0.1, 0.15) is 30.1 Å². The van der Waals surface area contributed by atoms with Crippen LogP contribution in [0.5, 0.6) is 0 Å². The third-order valence-electron chi connectivity index (χ3n) is 14.3. The number of nitrogens with zero attached hydrogens (tertiary/aromatic N) is 1. The fourth-order valence-electron chi connectivity index (χ4n) is 9.80. The van der Waals surface area contributed by atoms with E-state index >= 15 is 0 Å². The van der Waals surface area contributed by atoms with Crippen molar-refractivity contribution in [1.29, 1.82) is 0 Å². The third-order valence-corrected chi connectivity index (χ3v) is 14.3. The normalized spacial score (nSPS) is 32.8. The number of Topliss-reactive ketones (excluding diaryl/α,β-unsaturated/α-hetero) is 1. The summed E-state index contributed by atoms with van der Waals surface area (Å²) in [6.45, 7) is 17.5. The lowest BCUT2D eigenvalue weighted by molar-refractivity contribution is -0.283. The second-order valence-electron chi connectivity index (χ2n) is 19.4. The largest absolute Gasteiger partial charge is 0.460 e. The number of ether oxygens (including phenoxy) is 3. The van der Waals surface area contributed by atoms with Crippen LogP contribution in [0, 0.1) is 35.5 Å². The molecule has 5 N–H and O–H groups in total. The topological polar surface area (TPSA) is 183 Å². The number of rotatable bonds is 4. The van der Waals surface area contributed by atoms with Gasteiger partial charge in [-0.25, -0.2) is 4.79 Å². The molecule has 0 radical (unpaired) electrons. The van der Waals surface area contributed by atoms with Gasteiger partial charge >= 0.3 is 5.97 Å². The molecule has 12 heteroatoms. The van der Waals surface area contributed by atoms with Gasteiger partial charge in [-0.05, 0) is 118 Å². The Bertz CT molecular complexity index is 1640. The van der Waals surface area contributed by atoms with Gasteiger partial charge in [-0.15, -0.1) is 0 Å². The summed E-state index contributed by atoms with van der Waals surface area (Å²) in [6.07, 6.45) is 11.7. The molecular weight excluding hydrogens is 995 g/mol. The van der Waals surface area contributed by atoms with E-state index in [2.05, 4.69) is 13.5 Å². The molecule has 79 heavy (non-hydrogen) atoms. The van der Waals surface area contributed by atoms with Crippen LogP contribution in [0.3, 0.4) is 0 Å². The Morgan fingerprint density at radius 1 is 0.722 bits per heavy atom. The van der Waals surface area contributed by atoms with Crippen molar-refractivity contribution in [1.82, 2.24) is 4.90 Å². The van der Waals surface area contributed by atoms with E-state index < -0.39 is 66.2 Å². The molecule has 2 saturated heterocycles. The number of hydrogen-bond acceptors (Lipinski definition) is 11. The lowest BCUT2D eigenvalue weighted by atomic mass is 9.78. The summed E-state index contributed by atoms with van der Waals surface area (Å²) < 4.78 is 18.1. The van der Waals surface area contributed by atoms with E-state index in [-0.39, 0.29) is 187 Å². The summed E-state index contributed by atoms with van der Waals surface area (Å²) in [5.41, 5.74) is 1.65. The Hall–Kier alpha value is -2.97. The number of hydrogen-bond donors (Lipinski definition) is 5. The number of cyclic esters (lactones) is 1. The highest BCUT2D eigenvalue weighted by atomic mass is 16.6. The van der Waals surface area contributed by atoms with Crippen molar-refractivity contribution in [2.75, 3.05) is 13.7 Å². The predicted molar refractivity (Wildman–Crippen MR) is 354 cm³/mol. The number of methoxy groups -OCH3 is 1. The number of aliphatic hydroxyl groups is 5. The monoisotopic (exact) mass is 1140 g/mol. The number of ketones is 1. The van der Waals surface area contributed by atoms with Crippen LogP contribution in [0.2, 0.25) is 0 Å². The van der Waals surface area contributed by atoms with Crippen molar-refractivity contribution in [3.63, 3.8) is 0 Å². The van der Waals surface area contributed by atoms with Crippen LogP contribution >= 0.6 is 0 Å². The third kappa shape index (κ3) is 31.9. The van der Waals surface area contributed by atoms with Crippen LogP contribution in [-0.4, -0.2) is 116 Å². The zero-order chi connectivity index (χ0) is 45.9. The van der Waals surface area contributed by atoms with Crippen molar-refractivity contribution in [3.05, 3.63) is 59.8 Å². The first kappa shape index (κ1) is 111. The Morgan fingerprint density at radius 3 is 1.85 bits per heavy atom. The number of aliphatic hydroxyl groups excluding tert-OH is 4. The molecule has 4 rings (SSSR count). The lowest BCUT2D eigenvalue weighted by Crippen LogP contribution is -2.54. The van der Waals surface area contributed by atoms with E-state index in [9.17, 15) is 39.9 Å². The van der Waals surface area contributed by atoms with Crippen LogP contribution < -0.4 is 0 Å². The van der Waals surface area contributed by atoms with Gasteiger partial charge < -0.3 is 44.6 Å². The first-order chi connectivity index (χ1) is 29.2. The summed E-state index contributed by atoms with van der Waals surface area (Å²) >= 11 is 0. The minimum Gasteiger partial charge on any atom is -0.460 e. The summed E-state index contributed by atoms with van der Waals surface area (Å²) in [5, 5.41) is 55.9. The maximum atomic E-state index is 14.3. The first-order valence-corrected chi connectivity index (χ1v) is 23.3. The van der Waals surface area contributed by atoms with Crippen molar-refractivity contribution < 1.29 is 54.1 Å². The highest BCUT2D eigenvalue weighted by Gasteiger charge is 2.46. The highest BCUT2D eigenvalue weighted by Crippen LogP contribution is 2.38. The van der Waals surface area contributed by atoms with Crippen LogP contribution in [-0.2, 0) is 28.6 Å². The lowest BCUT2D eigenvalue weighted by Gasteiger charge is -2.44. The van der Waals surface area contributed by atoms with Gasteiger partial charge in [-0.2, -0.15) is 0 Å². The molecule has 0 aromatic heterocycles. The van der Waals surface area contributed by atoms with Gasteiger partial charge in [0, 0.05) is 38.3 Å². The number of carbonyl (C=O) groups excluding carboxylic acids is 3. The SMILES string of the molecule is C.C.C.C.C.C.C.C.C.C.C.C.C.C.C.C.C.C=C1[C@H](C)C[C@H](C)/C=C/C=C/C=C(\C)[C@@H](O)C[C@@H]2CC[C@@H](C)[C@](O)(CC(=O)N3CCCC[C@H]3C(=O)O[C@H]([C@H](C)C[C@@H]3CC[C@@H](O)[C@H](OC)C3)CC(=O)[C@H](C)/C=C(\C)[C@@H](O)[C@H]1O)O2. The smallest absolute Gasteiger partial charge is 0.329 e. The minimum absolute atomic E-state index is 0. The molecule has 3 heterocycles. The van der Waals surface area contributed by atoms with E-state index in [1.54, 1.807) is 27.0 Å². The summed E-state index contributed by atoms with van der Waals surface area (Å²) in [5.74, 6) is -4.15. The molecule has 4 aliphatic rings. The summed E-state index contributed by atoms with van der Waals surface area (Å²) in [7, 11) is 1.59. The zero-order valence-electron chi connectivity index (χ0n) is 38.8. The van der Waals surface area contributed by atoms with E-state index in [0.29, 0.717) is 75.5 Å². The zero-order valence-corrected chi connectivity index (χ0v) is 38.8. The summed E-state index contributed by atoms with van der Waals surface area (Å²) in [6, 6.07) is -0.912. The summed E-state index contributed by atoms with van der Waals surface area (Å²) in [4.78, 5) is 44.0. The van der Waals surface area contributed by atoms with Gasteiger partial charge in [0.25, 0.3) is 0 Å². The number of amides is 1. The van der Waals surface area contributed by atoms with E-state index in [0.717, 1.165) is 12.0 Å². The number of fused-ring (bicyclic) bond motifs is 3. The fourth-order valence-corrected chi connectivity index (χ4v) is 9.80.